The van der Waals surface area contributed by atoms with E-state index in [0.29, 0.717) is 13.2 Å². The van der Waals surface area contributed by atoms with Crippen LogP contribution in [0, 0.1) is 5.92 Å². The van der Waals surface area contributed by atoms with Crippen molar-refractivity contribution in [1.29, 1.82) is 0 Å². The summed E-state index contributed by atoms with van der Waals surface area (Å²) >= 11 is 0. The van der Waals surface area contributed by atoms with Gasteiger partial charge in [-0.2, -0.15) is 13.2 Å². The summed E-state index contributed by atoms with van der Waals surface area (Å²) in [7, 11) is 0. The van der Waals surface area contributed by atoms with E-state index in [1.54, 1.807) is 6.07 Å². The molecule has 4 rings (SSSR count). The molecular weight excluding hydrogens is 361 g/mol. The Bertz CT molecular complexity index is 906. The zero-order valence-electron chi connectivity index (χ0n) is 15.3. The minimum Gasteiger partial charge on any atom is -0.376 e. The van der Waals surface area contributed by atoms with Crippen molar-refractivity contribution >= 4 is 0 Å². The zero-order valence-corrected chi connectivity index (χ0v) is 15.3. The van der Waals surface area contributed by atoms with Gasteiger partial charge in [0.2, 0.25) is 0 Å². The molecule has 0 bridgehead atoms. The fraction of sp³-hybridized carbons (Fsp3) is 0.250. The minimum absolute atomic E-state index is 0.0421. The number of rotatable bonds is 6. The van der Waals surface area contributed by atoms with Crippen molar-refractivity contribution < 1.29 is 17.9 Å². The van der Waals surface area contributed by atoms with Crippen molar-refractivity contribution in [3.63, 3.8) is 0 Å². The molecular formula is C24H21F3O. The molecule has 0 saturated heterocycles. The van der Waals surface area contributed by atoms with E-state index in [2.05, 4.69) is 0 Å². The Kier molecular flexibility index (Phi) is 5.23. The van der Waals surface area contributed by atoms with Crippen LogP contribution in [0.4, 0.5) is 13.2 Å². The average molecular weight is 382 g/mol. The highest BCUT2D eigenvalue weighted by Gasteiger charge is 2.51. The molecule has 0 aromatic heterocycles. The second-order valence-corrected chi connectivity index (χ2v) is 7.25. The van der Waals surface area contributed by atoms with Gasteiger partial charge in [0.1, 0.15) is 0 Å². The summed E-state index contributed by atoms with van der Waals surface area (Å²) in [4.78, 5) is 0. The molecule has 4 heteroatoms. The van der Waals surface area contributed by atoms with Gasteiger partial charge in [0, 0.05) is 0 Å². The molecule has 3 aromatic carbocycles. The molecule has 3 atom stereocenters. The largest absolute Gasteiger partial charge is 0.416 e. The zero-order chi connectivity index (χ0) is 19.6. The summed E-state index contributed by atoms with van der Waals surface area (Å²) in [6, 6.07) is 25.6. The highest BCUT2D eigenvalue weighted by Crippen LogP contribution is 2.60. The maximum atomic E-state index is 13.1. The fourth-order valence-corrected chi connectivity index (χ4v) is 3.97. The summed E-state index contributed by atoms with van der Waals surface area (Å²) in [5.41, 5.74) is 2.39. The molecule has 0 amide bonds. The Labute approximate surface area is 162 Å². The van der Waals surface area contributed by atoms with Gasteiger partial charge in [-0.15, -0.1) is 0 Å². The molecule has 0 N–H and O–H groups in total. The SMILES string of the molecule is FC(F)(F)c1cccc([C@H]2[C@H](COCc3ccccc3)[C@H]2c2ccccc2)c1. The van der Waals surface area contributed by atoms with Crippen LogP contribution in [-0.4, -0.2) is 6.61 Å². The Morgan fingerprint density at radius 1 is 0.714 bits per heavy atom. The van der Waals surface area contributed by atoms with Crippen LogP contribution in [0.1, 0.15) is 34.1 Å². The number of hydrogen-bond acceptors (Lipinski definition) is 1. The van der Waals surface area contributed by atoms with Gasteiger partial charge in [0.05, 0.1) is 18.8 Å². The molecule has 0 heterocycles. The van der Waals surface area contributed by atoms with Crippen molar-refractivity contribution in [2.24, 2.45) is 5.92 Å². The number of hydrogen-bond donors (Lipinski definition) is 0. The van der Waals surface area contributed by atoms with Crippen molar-refractivity contribution in [3.05, 3.63) is 107 Å². The van der Waals surface area contributed by atoms with Crippen LogP contribution >= 0.6 is 0 Å². The van der Waals surface area contributed by atoms with Gasteiger partial charge in [-0.05, 0) is 40.5 Å². The second-order valence-electron chi connectivity index (χ2n) is 7.25. The maximum absolute atomic E-state index is 13.1. The van der Waals surface area contributed by atoms with E-state index in [-0.39, 0.29) is 17.8 Å². The summed E-state index contributed by atoms with van der Waals surface area (Å²) in [5.74, 6) is 0.399. The Morgan fingerprint density at radius 3 is 2.00 bits per heavy atom. The summed E-state index contributed by atoms with van der Waals surface area (Å²) < 4.78 is 45.3. The lowest BCUT2D eigenvalue weighted by Gasteiger charge is -2.09. The van der Waals surface area contributed by atoms with E-state index < -0.39 is 11.7 Å². The van der Waals surface area contributed by atoms with Crippen LogP contribution in [0.25, 0.3) is 0 Å². The molecule has 1 nitrogen and oxygen atoms in total. The van der Waals surface area contributed by atoms with Crippen LogP contribution in [0.15, 0.2) is 84.9 Å². The third-order valence-corrected chi connectivity index (χ3v) is 5.37. The van der Waals surface area contributed by atoms with Crippen LogP contribution < -0.4 is 0 Å². The molecule has 0 unspecified atom stereocenters. The highest BCUT2D eigenvalue weighted by molar-refractivity contribution is 5.41. The molecule has 0 radical (unpaired) electrons. The first-order valence-electron chi connectivity index (χ1n) is 9.38. The summed E-state index contributed by atoms with van der Waals surface area (Å²) in [6.07, 6.45) is -4.33. The Morgan fingerprint density at radius 2 is 1.32 bits per heavy atom. The number of halogens is 3. The van der Waals surface area contributed by atoms with E-state index in [9.17, 15) is 13.2 Å². The van der Waals surface area contributed by atoms with E-state index in [0.717, 1.165) is 22.8 Å². The Hall–Kier alpha value is -2.59. The number of ether oxygens (including phenoxy) is 1. The monoisotopic (exact) mass is 382 g/mol. The second kappa shape index (κ2) is 7.80. The molecule has 1 aliphatic rings. The number of benzene rings is 3. The molecule has 0 aliphatic heterocycles. The molecule has 28 heavy (non-hydrogen) atoms. The Balaban J connectivity index is 1.52. The standard InChI is InChI=1S/C24H21F3O/c25-24(26,27)20-13-7-12-19(14-20)23-21(22(23)18-10-5-2-6-11-18)16-28-15-17-8-3-1-4-9-17/h1-14,21-23H,15-16H2/t21-,22-,23+/m1/s1. The van der Waals surface area contributed by atoms with E-state index in [1.165, 1.54) is 12.1 Å². The summed E-state index contributed by atoms with van der Waals surface area (Å²) in [5, 5.41) is 0. The summed E-state index contributed by atoms with van der Waals surface area (Å²) in [6.45, 7) is 1.03. The lowest BCUT2D eigenvalue weighted by Crippen LogP contribution is -2.05. The third-order valence-electron chi connectivity index (χ3n) is 5.37. The molecule has 1 aliphatic carbocycles. The van der Waals surface area contributed by atoms with E-state index >= 15 is 0 Å². The lowest BCUT2D eigenvalue weighted by molar-refractivity contribution is -0.137. The maximum Gasteiger partial charge on any atom is 0.416 e. The minimum atomic E-state index is -4.33. The number of alkyl halides is 3. The molecule has 3 aromatic rings. The van der Waals surface area contributed by atoms with Gasteiger partial charge in [-0.25, -0.2) is 0 Å². The van der Waals surface area contributed by atoms with E-state index in [1.807, 2.05) is 60.7 Å². The molecule has 144 valence electrons. The highest BCUT2D eigenvalue weighted by atomic mass is 19.4. The van der Waals surface area contributed by atoms with E-state index in [4.69, 9.17) is 4.74 Å². The van der Waals surface area contributed by atoms with Crippen molar-refractivity contribution in [2.45, 2.75) is 24.6 Å². The smallest absolute Gasteiger partial charge is 0.376 e. The molecule has 0 spiro atoms. The van der Waals surface area contributed by atoms with Gasteiger partial charge < -0.3 is 4.74 Å². The van der Waals surface area contributed by atoms with Crippen LogP contribution in [0.3, 0.4) is 0 Å². The van der Waals surface area contributed by atoms with Crippen molar-refractivity contribution in [1.82, 2.24) is 0 Å². The predicted octanol–water partition coefficient (Wildman–Crippen LogP) is 6.42. The molecule has 1 saturated carbocycles. The predicted molar refractivity (Wildman–Crippen MR) is 103 cm³/mol. The van der Waals surface area contributed by atoms with Crippen molar-refractivity contribution in [3.8, 4) is 0 Å². The van der Waals surface area contributed by atoms with Gasteiger partial charge in [0.25, 0.3) is 0 Å². The van der Waals surface area contributed by atoms with Gasteiger partial charge in [0.15, 0.2) is 0 Å². The first kappa shape index (κ1) is 18.8. The first-order valence-corrected chi connectivity index (χ1v) is 9.38. The quantitative estimate of drug-likeness (QED) is 0.478. The van der Waals surface area contributed by atoms with Gasteiger partial charge >= 0.3 is 6.18 Å². The lowest BCUT2D eigenvalue weighted by atomic mass is 10.0. The normalized spacial score (nSPS) is 21.5. The van der Waals surface area contributed by atoms with Crippen LogP contribution in [0.2, 0.25) is 0 Å². The van der Waals surface area contributed by atoms with Crippen LogP contribution in [-0.2, 0) is 17.5 Å². The fourth-order valence-electron chi connectivity index (χ4n) is 3.97. The van der Waals surface area contributed by atoms with Crippen LogP contribution in [0.5, 0.6) is 0 Å². The van der Waals surface area contributed by atoms with Gasteiger partial charge in [-0.3, -0.25) is 0 Å². The average Bonchev–Trinajstić information content (AvgIpc) is 3.43. The van der Waals surface area contributed by atoms with Crippen molar-refractivity contribution in [2.75, 3.05) is 6.61 Å². The first-order chi connectivity index (χ1) is 13.5. The van der Waals surface area contributed by atoms with Gasteiger partial charge in [-0.1, -0.05) is 78.9 Å². The topological polar surface area (TPSA) is 9.23 Å². The molecule has 1 fully saturated rings. The third kappa shape index (κ3) is 4.12.